The van der Waals surface area contributed by atoms with Crippen molar-refractivity contribution in [2.45, 2.75) is 57.3 Å². The molecule has 3 atom stereocenters. The molecule has 7 nitrogen and oxygen atoms in total. The Morgan fingerprint density at radius 3 is 2.88 bits per heavy atom. The van der Waals surface area contributed by atoms with E-state index in [1.165, 1.54) is 6.42 Å². The highest BCUT2D eigenvalue weighted by molar-refractivity contribution is 5.55. The fourth-order valence-electron chi connectivity index (χ4n) is 3.93. The number of aliphatic hydroxyl groups is 1. The molecular weight excluding hydrogens is 318 g/mol. The van der Waals surface area contributed by atoms with Crippen molar-refractivity contribution in [3.8, 4) is 12.1 Å². The molecule has 0 unspecified atom stereocenters. The Balaban J connectivity index is 1.74. The first-order valence-electron chi connectivity index (χ1n) is 9.01. The predicted octanol–water partition coefficient (Wildman–Crippen LogP) is 1.56. The van der Waals surface area contributed by atoms with Gasteiger partial charge in [0, 0.05) is 19.1 Å². The number of nitrogens with zero attached hydrogens (tertiary/aromatic N) is 5. The summed E-state index contributed by atoms with van der Waals surface area (Å²) < 4.78 is 5.91. The molecule has 2 saturated heterocycles. The maximum atomic E-state index is 10.3. The zero-order chi connectivity index (χ0) is 18.0. The van der Waals surface area contributed by atoms with Gasteiger partial charge in [0.15, 0.2) is 5.69 Å². The minimum Gasteiger partial charge on any atom is -0.459 e. The molecule has 0 saturated carbocycles. The van der Waals surface area contributed by atoms with Crippen molar-refractivity contribution in [1.29, 1.82) is 5.26 Å². The van der Waals surface area contributed by atoms with Crippen molar-refractivity contribution < 1.29 is 9.84 Å². The van der Waals surface area contributed by atoms with Gasteiger partial charge in [0.05, 0.1) is 17.5 Å². The number of aromatic nitrogens is 2. The quantitative estimate of drug-likeness (QED) is 0.886. The Morgan fingerprint density at radius 2 is 2.24 bits per heavy atom. The number of likely N-dealkylation sites (N-methyl/N-ethyl adjacent to an activating group) is 1. The summed E-state index contributed by atoms with van der Waals surface area (Å²) in [6, 6.07) is 2.75. The predicted molar refractivity (Wildman–Crippen MR) is 94.6 cm³/mol. The first-order valence-corrected chi connectivity index (χ1v) is 9.01. The summed E-state index contributed by atoms with van der Waals surface area (Å²) in [4.78, 5) is 12.9. The van der Waals surface area contributed by atoms with Crippen LogP contribution < -0.4 is 9.64 Å². The number of nitriles is 1. The SMILES string of the molecule is C[C@H](Oc1ncc(N2CCC[C@@](C)(O)C2)c(C#N)n1)[C@@H]1CCCN1C. The molecule has 1 aromatic heterocycles. The molecular formula is C18H27N5O2. The van der Waals surface area contributed by atoms with Gasteiger partial charge in [0.1, 0.15) is 12.2 Å². The fraction of sp³-hybridized carbons (Fsp3) is 0.722. The standard InChI is InChI=1S/C18H27N5O2/c1-13(15-6-4-8-22(15)3)25-17-20-11-16(14(10-19)21-17)23-9-5-7-18(2,24)12-23/h11,13,15,24H,4-9,12H2,1-3H3/t13-,15-,18+/m0/s1. The molecule has 2 aliphatic rings. The second-order valence-electron chi connectivity index (χ2n) is 7.53. The maximum Gasteiger partial charge on any atom is 0.318 e. The van der Waals surface area contributed by atoms with Crippen LogP contribution in [0.4, 0.5) is 5.69 Å². The van der Waals surface area contributed by atoms with Crippen LogP contribution in [0.3, 0.4) is 0 Å². The number of β-amino-alcohol motifs (C(OH)–C–C–N with tert-alkyl or cyclic N) is 1. The van der Waals surface area contributed by atoms with Gasteiger partial charge in [-0.3, -0.25) is 4.90 Å². The van der Waals surface area contributed by atoms with Gasteiger partial charge in [-0.05, 0) is 53.1 Å². The van der Waals surface area contributed by atoms with Crippen molar-refractivity contribution >= 4 is 5.69 Å². The minimum absolute atomic E-state index is 0.0272. The van der Waals surface area contributed by atoms with Crippen LogP contribution in [0, 0.1) is 11.3 Å². The first-order chi connectivity index (χ1) is 11.9. The first kappa shape index (κ1) is 17.9. The molecule has 136 valence electrons. The minimum atomic E-state index is -0.748. The lowest BCUT2D eigenvalue weighted by Crippen LogP contribution is -2.46. The molecule has 25 heavy (non-hydrogen) atoms. The number of piperidine rings is 1. The highest BCUT2D eigenvalue weighted by Gasteiger charge is 2.31. The van der Waals surface area contributed by atoms with E-state index in [0.29, 0.717) is 24.0 Å². The number of hydrogen-bond donors (Lipinski definition) is 1. The number of hydrogen-bond acceptors (Lipinski definition) is 7. The average molecular weight is 345 g/mol. The normalized spacial score (nSPS) is 28.6. The zero-order valence-corrected chi connectivity index (χ0v) is 15.3. The van der Waals surface area contributed by atoms with E-state index in [1.807, 2.05) is 18.7 Å². The van der Waals surface area contributed by atoms with Crippen molar-refractivity contribution in [2.75, 3.05) is 31.6 Å². The summed E-state index contributed by atoms with van der Waals surface area (Å²) in [5, 5.41) is 19.8. The van der Waals surface area contributed by atoms with Crippen LogP contribution in [0.2, 0.25) is 0 Å². The maximum absolute atomic E-state index is 10.3. The third kappa shape index (κ3) is 4.02. The van der Waals surface area contributed by atoms with Crippen LogP contribution >= 0.6 is 0 Å². The van der Waals surface area contributed by atoms with Gasteiger partial charge < -0.3 is 14.7 Å². The number of likely N-dealkylation sites (tertiary alicyclic amines) is 1. The van der Waals surface area contributed by atoms with Crippen molar-refractivity contribution in [3.05, 3.63) is 11.9 Å². The Morgan fingerprint density at radius 1 is 1.44 bits per heavy atom. The monoisotopic (exact) mass is 345 g/mol. The van der Waals surface area contributed by atoms with Gasteiger partial charge in [-0.25, -0.2) is 4.98 Å². The van der Waals surface area contributed by atoms with E-state index in [0.717, 1.165) is 32.4 Å². The third-order valence-corrected chi connectivity index (χ3v) is 5.28. The topological polar surface area (TPSA) is 85.5 Å². The van der Waals surface area contributed by atoms with E-state index in [9.17, 15) is 10.4 Å². The summed E-state index contributed by atoms with van der Waals surface area (Å²) in [5.41, 5.74) is 0.219. The summed E-state index contributed by atoms with van der Waals surface area (Å²) in [6.45, 7) is 6.20. The van der Waals surface area contributed by atoms with Crippen molar-refractivity contribution in [2.24, 2.45) is 0 Å². The summed E-state index contributed by atoms with van der Waals surface area (Å²) >= 11 is 0. The van der Waals surface area contributed by atoms with E-state index < -0.39 is 5.60 Å². The largest absolute Gasteiger partial charge is 0.459 e. The number of anilines is 1. The molecule has 0 spiro atoms. The zero-order valence-electron chi connectivity index (χ0n) is 15.3. The fourth-order valence-corrected chi connectivity index (χ4v) is 3.93. The molecule has 0 bridgehead atoms. The van der Waals surface area contributed by atoms with Gasteiger partial charge in [0.25, 0.3) is 0 Å². The van der Waals surface area contributed by atoms with E-state index in [2.05, 4.69) is 28.0 Å². The Labute approximate surface area is 149 Å². The molecule has 3 heterocycles. The van der Waals surface area contributed by atoms with E-state index in [1.54, 1.807) is 6.20 Å². The van der Waals surface area contributed by atoms with Crippen LogP contribution in [-0.4, -0.2) is 64.4 Å². The van der Waals surface area contributed by atoms with Crippen LogP contribution in [0.5, 0.6) is 6.01 Å². The molecule has 2 aliphatic heterocycles. The summed E-state index contributed by atoms with van der Waals surface area (Å²) in [6.07, 6.45) is 5.53. The van der Waals surface area contributed by atoms with Gasteiger partial charge >= 0.3 is 6.01 Å². The van der Waals surface area contributed by atoms with Gasteiger partial charge in [-0.1, -0.05) is 0 Å². The molecule has 0 aliphatic carbocycles. The van der Waals surface area contributed by atoms with Crippen LogP contribution in [0.15, 0.2) is 6.20 Å². The summed E-state index contributed by atoms with van der Waals surface area (Å²) in [7, 11) is 2.10. The molecule has 0 aromatic carbocycles. The average Bonchev–Trinajstić information content (AvgIpc) is 3.00. The van der Waals surface area contributed by atoms with Crippen LogP contribution in [0.25, 0.3) is 0 Å². The summed E-state index contributed by atoms with van der Waals surface area (Å²) in [5.74, 6) is 0. The van der Waals surface area contributed by atoms with Crippen molar-refractivity contribution in [3.63, 3.8) is 0 Å². The Kier molecular flexibility index (Phi) is 5.11. The molecule has 1 aromatic rings. The van der Waals surface area contributed by atoms with Gasteiger partial charge in [-0.2, -0.15) is 10.2 Å². The molecule has 0 amide bonds. The second kappa shape index (κ2) is 7.14. The Hall–Kier alpha value is -1.91. The number of rotatable bonds is 4. The molecule has 3 rings (SSSR count). The van der Waals surface area contributed by atoms with E-state index >= 15 is 0 Å². The second-order valence-corrected chi connectivity index (χ2v) is 7.53. The molecule has 1 N–H and O–H groups in total. The smallest absolute Gasteiger partial charge is 0.318 e. The van der Waals surface area contributed by atoms with Gasteiger partial charge in [-0.15, -0.1) is 0 Å². The number of ether oxygens (including phenoxy) is 1. The Bertz CT molecular complexity index is 657. The van der Waals surface area contributed by atoms with Crippen LogP contribution in [0.1, 0.15) is 45.2 Å². The van der Waals surface area contributed by atoms with Crippen LogP contribution in [-0.2, 0) is 0 Å². The lowest BCUT2D eigenvalue weighted by atomic mass is 9.95. The molecule has 2 fully saturated rings. The highest BCUT2D eigenvalue weighted by Crippen LogP contribution is 2.28. The van der Waals surface area contributed by atoms with Crippen molar-refractivity contribution in [1.82, 2.24) is 14.9 Å². The molecule has 7 heteroatoms. The third-order valence-electron chi connectivity index (χ3n) is 5.28. The lowest BCUT2D eigenvalue weighted by Gasteiger charge is -2.38. The lowest BCUT2D eigenvalue weighted by molar-refractivity contribution is 0.0449. The van der Waals surface area contributed by atoms with E-state index in [4.69, 9.17) is 4.74 Å². The highest BCUT2D eigenvalue weighted by atomic mass is 16.5. The van der Waals surface area contributed by atoms with Gasteiger partial charge in [0.2, 0.25) is 0 Å². The molecule has 0 radical (unpaired) electrons. The van der Waals surface area contributed by atoms with E-state index in [-0.39, 0.29) is 12.1 Å².